The lowest BCUT2D eigenvalue weighted by atomic mass is 9.94. The Balaban J connectivity index is 2.65. The van der Waals surface area contributed by atoms with Crippen LogP contribution in [0.15, 0.2) is 6.07 Å². The van der Waals surface area contributed by atoms with Crippen molar-refractivity contribution in [3.63, 3.8) is 0 Å². The van der Waals surface area contributed by atoms with E-state index in [4.69, 9.17) is 5.73 Å². The quantitative estimate of drug-likeness (QED) is 0.803. The number of carbonyl (C=O) groups excluding carboxylic acids is 1. The lowest BCUT2D eigenvalue weighted by Gasteiger charge is -2.26. The number of nitrogens with two attached hydrogens (primary N) is 1. The Morgan fingerprint density at radius 2 is 2.12 bits per heavy atom. The first-order valence-corrected chi connectivity index (χ1v) is 5.99. The first-order chi connectivity index (χ1) is 7.91. The molecule has 1 rings (SSSR count). The molecule has 0 atom stereocenters. The van der Waals surface area contributed by atoms with Gasteiger partial charge in [0, 0.05) is 19.1 Å². The zero-order chi connectivity index (χ0) is 13.1. The molecule has 0 aliphatic carbocycles. The maximum absolute atomic E-state index is 11.9. The number of hydrogen-bond acceptors (Lipinski definition) is 3. The van der Waals surface area contributed by atoms with Crippen LogP contribution >= 0.6 is 0 Å². The summed E-state index contributed by atoms with van der Waals surface area (Å²) in [4.78, 5) is 11.9. The molecule has 0 bridgehead atoms. The van der Waals surface area contributed by atoms with Crippen molar-refractivity contribution in [1.29, 1.82) is 0 Å². The molecule has 96 valence electrons. The number of nitrogens with one attached hydrogen (secondary N) is 1. The summed E-state index contributed by atoms with van der Waals surface area (Å²) < 4.78 is 1.58. The lowest BCUT2D eigenvalue weighted by Crippen LogP contribution is -2.49. The van der Waals surface area contributed by atoms with Gasteiger partial charge in [0.1, 0.15) is 5.69 Å². The van der Waals surface area contributed by atoms with Crippen LogP contribution in [0.4, 0.5) is 0 Å². The van der Waals surface area contributed by atoms with E-state index in [-0.39, 0.29) is 11.4 Å². The van der Waals surface area contributed by atoms with Crippen LogP contribution in [0.2, 0.25) is 0 Å². The number of carbonyl (C=O) groups is 1. The topological polar surface area (TPSA) is 72.9 Å². The Morgan fingerprint density at radius 1 is 1.53 bits per heavy atom. The van der Waals surface area contributed by atoms with Crippen LogP contribution in [0.5, 0.6) is 0 Å². The van der Waals surface area contributed by atoms with Gasteiger partial charge in [-0.1, -0.05) is 13.8 Å². The number of hydrogen-bond donors (Lipinski definition) is 2. The molecule has 17 heavy (non-hydrogen) atoms. The van der Waals surface area contributed by atoms with Crippen molar-refractivity contribution >= 4 is 5.91 Å². The van der Waals surface area contributed by atoms with Crippen molar-refractivity contribution in [1.82, 2.24) is 15.1 Å². The maximum atomic E-state index is 11.9. The van der Waals surface area contributed by atoms with E-state index in [1.54, 1.807) is 17.8 Å². The molecule has 5 heteroatoms. The van der Waals surface area contributed by atoms with Crippen LogP contribution < -0.4 is 11.1 Å². The fourth-order valence-electron chi connectivity index (χ4n) is 1.67. The summed E-state index contributed by atoms with van der Waals surface area (Å²) in [6, 6.07) is 1.77. The molecule has 0 saturated carbocycles. The standard InChI is InChI=1S/C12H22N4O/c1-5-12(13,6-2)8-14-11(17)10-7-9(3)15-16(10)4/h7H,5-6,8,13H2,1-4H3,(H,14,17). The molecule has 0 saturated heterocycles. The van der Waals surface area contributed by atoms with Crippen molar-refractivity contribution in [2.24, 2.45) is 12.8 Å². The van der Waals surface area contributed by atoms with Crippen LogP contribution in [-0.2, 0) is 7.05 Å². The summed E-state index contributed by atoms with van der Waals surface area (Å²) in [5.41, 5.74) is 7.22. The Labute approximate surface area is 102 Å². The highest BCUT2D eigenvalue weighted by molar-refractivity contribution is 5.92. The van der Waals surface area contributed by atoms with Gasteiger partial charge in [-0.25, -0.2) is 0 Å². The summed E-state index contributed by atoms with van der Waals surface area (Å²) in [5, 5.41) is 7.01. The molecule has 1 aromatic heterocycles. The van der Waals surface area contributed by atoms with Crippen molar-refractivity contribution in [3.05, 3.63) is 17.5 Å². The molecule has 1 aromatic rings. The average Bonchev–Trinajstić information content (AvgIpc) is 2.65. The van der Waals surface area contributed by atoms with Crippen molar-refractivity contribution < 1.29 is 4.79 Å². The van der Waals surface area contributed by atoms with E-state index in [0.717, 1.165) is 18.5 Å². The first-order valence-electron chi connectivity index (χ1n) is 5.99. The van der Waals surface area contributed by atoms with Crippen LogP contribution in [0.25, 0.3) is 0 Å². The zero-order valence-corrected chi connectivity index (χ0v) is 11.1. The number of aryl methyl sites for hydroxylation is 2. The molecular weight excluding hydrogens is 216 g/mol. The molecule has 1 heterocycles. The Kier molecular flexibility index (Phi) is 4.28. The molecule has 5 nitrogen and oxygen atoms in total. The largest absolute Gasteiger partial charge is 0.349 e. The highest BCUT2D eigenvalue weighted by Crippen LogP contribution is 2.10. The second-order valence-electron chi connectivity index (χ2n) is 4.55. The van der Waals surface area contributed by atoms with Gasteiger partial charge in [0.15, 0.2) is 0 Å². The predicted molar refractivity (Wildman–Crippen MR) is 67.8 cm³/mol. The highest BCUT2D eigenvalue weighted by Gasteiger charge is 2.22. The first kappa shape index (κ1) is 13.7. The van der Waals surface area contributed by atoms with Gasteiger partial charge in [0.2, 0.25) is 0 Å². The molecule has 0 spiro atoms. The second kappa shape index (κ2) is 5.31. The molecule has 0 aliphatic rings. The van der Waals surface area contributed by atoms with E-state index >= 15 is 0 Å². The van der Waals surface area contributed by atoms with Gasteiger partial charge in [0.25, 0.3) is 5.91 Å². The second-order valence-corrected chi connectivity index (χ2v) is 4.55. The minimum Gasteiger partial charge on any atom is -0.349 e. The summed E-state index contributed by atoms with van der Waals surface area (Å²) in [5.74, 6) is -0.121. The fraction of sp³-hybridized carbons (Fsp3) is 0.667. The van der Waals surface area contributed by atoms with Gasteiger partial charge in [-0.3, -0.25) is 9.48 Å². The van der Waals surface area contributed by atoms with Crippen LogP contribution in [0.1, 0.15) is 42.9 Å². The fourth-order valence-corrected chi connectivity index (χ4v) is 1.67. The molecule has 0 aromatic carbocycles. The van der Waals surface area contributed by atoms with Gasteiger partial charge in [-0.2, -0.15) is 5.10 Å². The van der Waals surface area contributed by atoms with Crippen molar-refractivity contribution in [2.45, 2.75) is 39.2 Å². The highest BCUT2D eigenvalue weighted by atomic mass is 16.2. The molecular formula is C12H22N4O. The van der Waals surface area contributed by atoms with Crippen LogP contribution in [0, 0.1) is 6.92 Å². The van der Waals surface area contributed by atoms with Crippen LogP contribution in [0.3, 0.4) is 0 Å². The van der Waals surface area contributed by atoms with E-state index in [1.807, 2.05) is 20.8 Å². The average molecular weight is 238 g/mol. The van der Waals surface area contributed by atoms with Crippen LogP contribution in [-0.4, -0.2) is 27.8 Å². The lowest BCUT2D eigenvalue weighted by molar-refractivity contribution is 0.0932. The van der Waals surface area contributed by atoms with E-state index in [0.29, 0.717) is 12.2 Å². The minimum absolute atomic E-state index is 0.121. The van der Waals surface area contributed by atoms with E-state index < -0.39 is 0 Å². The normalized spacial score (nSPS) is 11.6. The van der Waals surface area contributed by atoms with Crippen molar-refractivity contribution in [2.75, 3.05) is 6.54 Å². The van der Waals surface area contributed by atoms with Gasteiger partial charge in [-0.15, -0.1) is 0 Å². The Morgan fingerprint density at radius 3 is 2.53 bits per heavy atom. The molecule has 0 unspecified atom stereocenters. The van der Waals surface area contributed by atoms with Gasteiger partial charge in [-0.05, 0) is 25.8 Å². The predicted octanol–water partition coefficient (Wildman–Crippen LogP) is 0.976. The van der Waals surface area contributed by atoms with Gasteiger partial charge in [0.05, 0.1) is 5.69 Å². The third kappa shape index (κ3) is 3.30. The molecule has 3 N–H and O–H groups in total. The summed E-state index contributed by atoms with van der Waals surface area (Å²) >= 11 is 0. The molecule has 1 amide bonds. The van der Waals surface area contributed by atoms with E-state index in [2.05, 4.69) is 10.4 Å². The third-order valence-corrected chi connectivity index (χ3v) is 3.24. The SMILES string of the molecule is CCC(N)(CC)CNC(=O)c1cc(C)nn1C. The van der Waals surface area contributed by atoms with Crippen molar-refractivity contribution in [3.8, 4) is 0 Å². The summed E-state index contributed by atoms with van der Waals surface area (Å²) in [6.45, 7) is 6.42. The number of nitrogens with zero attached hydrogens (tertiary/aromatic N) is 2. The van der Waals surface area contributed by atoms with Gasteiger partial charge >= 0.3 is 0 Å². The smallest absolute Gasteiger partial charge is 0.269 e. The van der Waals surface area contributed by atoms with E-state index in [1.165, 1.54) is 0 Å². The maximum Gasteiger partial charge on any atom is 0.269 e. The minimum atomic E-state index is -0.316. The number of rotatable bonds is 5. The third-order valence-electron chi connectivity index (χ3n) is 3.24. The zero-order valence-electron chi connectivity index (χ0n) is 11.1. The van der Waals surface area contributed by atoms with Gasteiger partial charge < -0.3 is 11.1 Å². The Hall–Kier alpha value is -1.36. The monoisotopic (exact) mass is 238 g/mol. The molecule has 0 fully saturated rings. The Bertz CT molecular complexity index is 393. The molecule has 0 aliphatic heterocycles. The summed E-state index contributed by atoms with van der Waals surface area (Å²) in [7, 11) is 1.76. The molecule has 0 radical (unpaired) electrons. The number of amides is 1. The number of aromatic nitrogens is 2. The summed E-state index contributed by atoms with van der Waals surface area (Å²) in [6.07, 6.45) is 1.68. The van der Waals surface area contributed by atoms with E-state index in [9.17, 15) is 4.79 Å².